The van der Waals surface area contributed by atoms with Gasteiger partial charge in [0.05, 0.1) is 28.0 Å². The highest BCUT2D eigenvalue weighted by molar-refractivity contribution is 7.89. The molecule has 0 saturated carbocycles. The van der Waals surface area contributed by atoms with Crippen LogP contribution in [0.25, 0.3) is 0 Å². The lowest BCUT2D eigenvalue weighted by molar-refractivity contribution is -0.144. The molecule has 1 atom stereocenters. The van der Waals surface area contributed by atoms with Gasteiger partial charge < -0.3 is 4.74 Å². The minimum atomic E-state index is -3.73. The van der Waals surface area contributed by atoms with Gasteiger partial charge in [0.25, 0.3) is 0 Å². The molecular weight excluding hydrogens is 325 g/mol. The van der Waals surface area contributed by atoms with E-state index in [4.69, 9.17) is 23.2 Å². The number of sulfonamides is 1. The Labute approximate surface area is 128 Å². The van der Waals surface area contributed by atoms with Crippen LogP contribution in [0.3, 0.4) is 0 Å². The molecule has 8 heteroatoms. The molecule has 0 N–H and O–H groups in total. The fourth-order valence-corrected chi connectivity index (χ4v) is 3.23. The predicted molar refractivity (Wildman–Crippen MR) is 77.5 cm³/mol. The summed E-state index contributed by atoms with van der Waals surface area (Å²) in [4.78, 5) is 11.3. The molecule has 0 fully saturated rings. The molecule has 0 radical (unpaired) electrons. The van der Waals surface area contributed by atoms with Crippen LogP contribution in [-0.4, -0.2) is 39.4 Å². The van der Waals surface area contributed by atoms with Gasteiger partial charge in [0.15, 0.2) is 0 Å². The number of rotatable bonds is 5. The Hall–Kier alpha value is -0.820. The lowest BCUT2D eigenvalue weighted by Gasteiger charge is -2.20. The summed E-state index contributed by atoms with van der Waals surface area (Å²) in [6, 6.07) is 4.05. The number of hydrogen-bond acceptors (Lipinski definition) is 4. The number of benzene rings is 1. The lowest BCUT2D eigenvalue weighted by Crippen LogP contribution is -2.34. The van der Waals surface area contributed by atoms with Crippen molar-refractivity contribution in [3.63, 3.8) is 0 Å². The molecule has 0 bridgehead atoms. The minimum absolute atomic E-state index is 0.00918. The van der Waals surface area contributed by atoms with Crippen LogP contribution >= 0.6 is 23.2 Å². The largest absolute Gasteiger partial charge is 0.469 e. The highest BCUT2D eigenvalue weighted by Crippen LogP contribution is 2.26. The molecule has 5 nitrogen and oxygen atoms in total. The number of esters is 1. The summed E-state index contributed by atoms with van der Waals surface area (Å²) in [5, 5.41) is 0.429. The summed E-state index contributed by atoms with van der Waals surface area (Å²) in [5.74, 6) is -1.04. The van der Waals surface area contributed by atoms with Gasteiger partial charge in [-0.1, -0.05) is 30.1 Å². The molecule has 0 aromatic heterocycles. The number of nitrogens with zero attached hydrogens (tertiary/aromatic N) is 1. The number of carbonyl (C=O) groups excluding carboxylic acids is 1. The van der Waals surface area contributed by atoms with E-state index in [2.05, 4.69) is 4.74 Å². The molecule has 20 heavy (non-hydrogen) atoms. The first kappa shape index (κ1) is 17.2. The van der Waals surface area contributed by atoms with Gasteiger partial charge in [0.1, 0.15) is 0 Å². The fourth-order valence-electron chi connectivity index (χ4n) is 1.58. The van der Waals surface area contributed by atoms with Gasteiger partial charge in [-0.05, 0) is 18.2 Å². The van der Waals surface area contributed by atoms with Crippen LogP contribution in [-0.2, 0) is 19.6 Å². The molecule has 0 aliphatic heterocycles. The number of methoxy groups -OCH3 is 1. The van der Waals surface area contributed by atoms with Crippen LogP contribution in [0, 0.1) is 5.92 Å². The van der Waals surface area contributed by atoms with E-state index in [0.29, 0.717) is 0 Å². The third-order valence-corrected chi connectivity index (χ3v) is 5.29. The number of ether oxygens (including phenoxy) is 1. The summed E-state index contributed by atoms with van der Waals surface area (Å²) in [6.07, 6.45) is 0. The van der Waals surface area contributed by atoms with Crippen LogP contribution in [0.5, 0.6) is 0 Å². The quantitative estimate of drug-likeness (QED) is 0.773. The normalized spacial score (nSPS) is 13.3. The van der Waals surface area contributed by atoms with Gasteiger partial charge >= 0.3 is 5.97 Å². The maximum Gasteiger partial charge on any atom is 0.309 e. The third-order valence-electron chi connectivity index (χ3n) is 2.73. The molecule has 112 valence electrons. The molecule has 1 rings (SSSR count). The standard InChI is InChI=1S/C12H15Cl2NO4S/c1-8(12(16)19-3)7-15(2)20(17,18)9-4-5-10(13)11(14)6-9/h4-6,8H,7H2,1-3H3. The van der Waals surface area contributed by atoms with E-state index in [1.807, 2.05) is 0 Å². The maximum atomic E-state index is 12.3. The predicted octanol–water partition coefficient (Wildman–Crippen LogP) is 2.42. The summed E-state index contributed by atoms with van der Waals surface area (Å²) in [6.45, 7) is 1.60. The van der Waals surface area contributed by atoms with E-state index in [1.54, 1.807) is 6.92 Å². The summed E-state index contributed by atoms with van der Waals surface area (Å²) >= 11 is 11.6. The molecule has 1 aromatic rings. The van der Waals surface area contributed by atoms with Crippen molar-refractivity contribution in [3.05, 3.63) is 28.2 Å². The zero-order chi connectivity index (χ0) is 15.5. The van der Waals surface area contributed by atoms with Crippen molar-refractivity contribution in [2.24, 2.45) is 5.92 Å². The average Bonchev–Trinajstić information content (AvgIpc) is 2.40. The van der Waals surface area contributed by atoms with Gasteiger partial charge in [-0.3, -0.25) is 4.79 Å². The van der Waals surface area contributed by atoms with Gasteiger partial charge in [0, 0.05) is 13.6 Å². The van der Waals surface area contributed by atoms with Gasteiger partial charge in [-0.25, -0.2) is 12.7 Å². The Balaban J connectivity index is 2.98. The third kappa shape index (κ3) is 3.85. The van der Waals surface area contributed by atoms with E-state index < -0.39 is 21.9 Å². The summed E-state index contributed by atoms with van der Waals surface area (Å²) in [5.41, 5.74) is 0. The average molecular weight is 340 g/mol. The zero-order valence-electron chi connectivity index (χ0n) is 11.3. The Morgan fingerprint density at radius 1 is 1.35 bits per heavy atom. The van der Waals surface area contributed by atoms with Crippen molar-refractivity contribution in [1.29, 1.82) is 0 Å². The van der Waals surface area contributed by atoms with E-state index >= 15 is 0 Å². The van der Waals surface area contributed by atoms with Crippen molar-refractivity contribution in [1.82, 2.24) is 4.31 Å². The van der Waals surface area contributed by atoms with Crippen molar-refractivity contribution < 1.29 is 17.9 Å². The molecule has 0 aliphatic rings. The van der Waals surface area contributed by atoms with Crippen molar-refractivity contribution >= 4 is 39.2 Å². The first-order valence-electron chi connectivity index (χ1n) is 5.69. The Morgan fingerprint density at radius 2 is 1.95 bits per heavy atom. The Kier molecular flexibility index (Phi) is 5.82. The Morgan fingerprint density at radius 3 is 2.45 bits per heavy atom. The first-order chi connectivity index (χ1) is 9.20. The second-order valence-corrected chi connectivity index (χ2v) is 7.14. The van der Waals surface area contributed by atoms with Crippen LogP contribution < -0.4 is 0 Å². The molecule has 1 aromatic carbocycles. The van der Waals surface area contributed by atoms with E-state index in [0.717, 1.165) is 4.31 Å². The summed E-state index contributed by atoms with van der Waals surface area (Å²) < 4.78 is 30.3. The maximum absolute atomic E-state index is 12.3. The zero-order valence-corrected chi connectivity index (χ0v) is 13.6. The molecular formula is C12H15Cl2NO4S. The van der Waals surface area contributed by atoms with E-state index in [-0.39, 0.29) is 21.5 Å². The highest BCUT2D eigenvalue weighted by Gasteiger charge is 2.25. The lowest BCUT2D eigenvalue weighted by atomic mass is 10.2. The molecule has 0 spiro atoms. The van der Waals surface area contributed by atoms with Crippen LogP contribution in [0.1, 0.15) is 6.92 Å². The number of carbonyl (C=O) groups is 1. The van der Waals surface area contributed by atoms with Crippen LogP contribution in [0.15, 0.2) is 23.1 Å². The molecule has 0 aliphatic carbocycles. The van der Waals surface area contributed by atoms with Gasteiger partial charge in [-0.2, -0.15) is 0 Å². The fraction of sp³-hybridized carbons (Fsp3) is 0.417. The second-order valence-electron chi connectivity index (χ2n) is 4.29. The number of hydrogen-bond donors (Lipinski definition) is 0. The topological polar surface area (TPSA) is 63.7 Å². The second kappa shape index (κ2) is 6.76. The van der Waals surface area contributed by atoms with Crippen molar-refractivity contribution in [2.45, 2.75) is 11.8 Å². The molecule has 0 heterocycles. The SMILES string of the molecule is COC(=O)C(C)CN(C)S(=O)(=O)c1ccc(Cl)c(Cl)c1. The highest BCUT2D eigenvalue weighted by atomic mass is 35.5. The van der Waals surface area contributed by atoms with Crippen molar-refractivity contribution in [3.8, 4) is 0 Å². The minimum Gasteiger partial charge on any atom is -0.469 e. The molecule has 0 saturated heterocycles. The monoisotopic (exact) mass is 339 g/mol. The molecule has 0 amide bonds. The van der Waals surface area contributed by atoms with E-state index in [1.165, 1.54) is 32.4 Å². The van der Waals surface area contributed by atoms with Gasteiger partial charge in [-0.15, -0.1) is 0 Å². The van der Waals surface area contributed by atoms with Crippen molar-refractivity contribution in [2.75, 3.05) is 20.7 Å². The van der Waals surface area contributed by atoms with Crippen LogP contribution in [0.2, 0.25) is 10.0 Å². The van der Waals surface area contributed by atoms with E-state index in [9.17, 15) is 13.2 Å². The van der Waals surface area contributed by atoms with Gasteiger partial charge in [0.2, 0.25) is 10.0 Å². The first-order valence-corrected chi connectivity index (χ1v) is 7.89. The number of halogens is 2. The van der Waals surface area contributed by atoms with Crippen LogP contribution in [0.4, 0.5) is 0 Å². The smallest absolute Gasteiger partial charge is 0.309 e. The molecule has 1 unspecified atom stereocenters. The summed E-state index contributed by atoms with van der Waals surface area (Å²) in [7, 11) is -1.09. The Bertz CT molecular complexity index is 603.